The van der Waals surface area contributed by atoms with E-state index in [0.717, 1.165) is 11.1 Å². The summed E-state index contributed by atoms with van der Waals surface area (Å²) >= 11 is 0. The molecule has 0 saturated heterocycles. The number of ether oxygens (including phenoxy) is 11. The van der Waals surface area contributed by atoms with Gasteiger partial charge in [-0.3, -0.25) is 4.79 Å². The number of Topliss-reactive ketones (excluding diaryl/α,β-unsaturated/α-hetero) is 1. The Kier molecular flexibility index (Phi) is 15.3. The van der Waals surface area contributed by atoms with Crippen molar-refractivity contribution in [2.45, 2.75) is 53.1 Å². The molecule has 0 aliphatic carbocycles. The van der Waals surface area contributed by atoms with E-state index >= 15 is 0 Å². The topological polar surface area (TPSA) is 119 Å². The molecule has 2 aromatic carbocycles. The molecule has 0 spiro atoms. The van der Waals surface area contributed by atoms with E-state index in [9.17, 15) is 4.79 Å². The van der Waals surface area contributed by atoms with Gasteiger partial charge in [-0.2, -0.15) is 0 Å². The minimum atomic E-state index is -0.843. The molecule has 0 radical (unpaired) electrons. The summed E-state index contributed by atoms with van der Waals surface area (Å²) in [6.07, 6.45) is 4.07. The van der Waals surface area contributed by atoms with Crippen molar-refractivity contribution in [3.8, 4) is 34.5 Å². The first-order valence-corrected chi connectivity index (χ1v) is 15.1. The van der Waals surface area contributed by atoms with Crippen molar-refractivity contribution in [2.75, 3.05) is 69.5 Å². The molecule has 260 valence electrons. The number of benzene rings is 2. The van der Waals surface area contributed by atoms with Crippen LogP contribution in [-0.4, -0.2) is 75.3 Å². The summed E-state index contributed by atoms with van der Waals surface area (Å²) in [5.74, 6) is 2.06. The smallest absolute Gasteiger partial charge is 0.188 e. The van der Waals surface area contributed by atoms with Gasteiger partial charge in [0.05, 0.1) is 12.0 Å². The molecule has 47 heavy (non-hydrogen) atoms. The van der Waals surface area contributed by atoms with Crippen molar-refractivity contribution >= 4 is 5.78 Å². The Morgan fingerprint density at radius 2 is 1.15 bits per heavy atom. The minimum Gasteiger partial charge on any atom is -0.484 e. The van der Waals surface area contributed by atoms with Crippen LogP contribution in [-0.2, 0) is 36.5 Å². The van der Waals surface area contributed by atoms with Crippen LogP contribution in [0, 0.1) is 0 Å². The maximum Gasteiger partial charge on any atom is 0.188 e. The molecule has 12 heteroatoms. The van der Waals surface area contributed by atoms with Crippen molar-refractivity contribution in [3.05, 3.63) is 57.7 Å². The fraction of sp³-hybridized carbons (Fsp3) is 0.514. The Hall–Kier alpha value is -3.81. The number of hydrogen-bond acceptors (Lipinski definition) is 12. The van der Waals surface area contributed by atoms with Crippen LogP contribution in [0.15, 0.2) is 35.4 Å². The van der Waals surface area contributed by atoms with E-state index < -0.39 is 6.10 Å². The van der Waals surface area contributed by atoms with Gasteiger partial charge >= 0.3 is 0 Å². The van der Waals surface area contributed by atoms with Crippen LogP contribution in [0.1, 0.15) is 67.3 Å². The lowest BCUT2D eigenvalue weighted by Crippen LogP contribution is -2.25. The summed E-state index contributed by atoms with van der Waals surface area (Å²) in [4.78, 5) is 14.3. The summed E-state index contributed by atoms with van der Waals surface area (Å²) in [6, 6.07) is 3.34. The molecule has 0 fully saturated rings. The summed E-state index contributed by atoms with van der Waals surface area (Å²) < 4.78 is 63.0. The first-order valence-electron chi connectivity index (χ1n) is 15.1. The molecular weight excluding hydrogens is 612 g/mol. The van der Waals surface area contributed by atoms with Gasteiger partial charge < -0.3 is 52.1 Å². The van der Waals surface area contributed by atoms with Gasteiger partial charge in [0.2, 0.25) is 0 Å². The molecule has 1 heterocycles. The van der Waals surface area contributed by atoms with E-state index in [4.69, 9.17) is 52.1 Å². The highest BCUT2D eigenvalue weighted by Crippen LogP contribution is 2.52. The van der Waals surface area contributed by atoms with Crippen LogP contribution in [0.4, 0.5) is 0 Å². The Morgan fingerprint density at radius 3 is 1.66 bits per heavy atom. The molecule has 12 nitrogen and oxygen atoms in total. The van der Waals surface area contributed by atoms with Crippen molar-refractivity contribution < 1.29 is 56.9 Å². The molecule has 2 aromatic rings. The SMILES string of the molecule is COCOc1cc(OCOC)c(C2CC(=O)c3c(OCOC)c(CC=C(C)C)c(OCOC)c(CC=C(C)C)c3O2)c(OCOC)c1. The molecule has 1 aliphatic heterocycles. The van der Waals surface area contributed by atoms with E-state index in [1.165, 1.54) is 28.4 Å². The Labute approximate surface area is 277 Å². The number of rotatable bonds is 20. The number of ketones is 1. The monoisotopic (exact) mass is 660 g/mol. The van der Waals surface area contributed by atoms with Crippen LogP contribution in [0.25, 0.3) is 0 Å². The molecular formula is C35H48O12. The average Bonchev–Trinajstić information content (AvgIpc) is 3.04. The highest BCUT2D eigenvalue weighted by molar-refractivity contribution is 6.04. The number of carbonyl (C=O) groups is 1. The van der Waals surface area contributed by atoms with Gasteiger partial charge in [-0.05, 0) is 40.5 Å². The second-order valence-corrected chi connectivity index (χ2v) is 11.1. The number of fused-ring (bicyclic) bond motifs is 1. The molecule has 0 bridgehead atoms. The molecule has 3 rings (SSSR count). The van der Waals surface area contributed by atoms with Gasteiger partial charge in [0.25, 0.3) is 0 Å². The second-order valence-electron chi connectivity index (χ2n) is 11.1. The molecule has 1 unspecified atom stereocenters. The Bertz CT molecular complexity index is 1360. The number of hydrogen-bond donors (Lipinski definition) is 0. The third-order valence-electron chi connectivity index (χ3n) is 6.94. The summed E-state index contributed by atoms with van der Waals surface area (Å²) in [6.45, 7) is 7.74. The number of allylic oxidation sites excluding steroid dienone is 4. The van der Waals surface area contributed by atoms with Crippen LogP contribution in [0.5, 0.6) is 34.5 Å². The highest BCUT2D eigenvalue weighted by Gasteiger charge is 2.39. The highest BCUT2D eigenvalue weighted by atomic mass is 16.7. The average molecular weight is 661 g/mol. The van der Waals surface area contributed by atoms with Gasteiger partial charge in [0, 0.05) is 58.8 Å². The van der Waals surface area contributed by atoms with E-state index in [1.54, 1.807) is 19.2 Å². The zero-order chi connectivity index (χ0) is 34.3. The second kappa shape index (κ2) is 19.1. The van der Waals surface area contributed by atoms with Crippen molar-refractivity contribution in [2.24, 2.45) is 0 Å². The quantitative estimate of drug-likeness (QED) is 0.117. The van der Waals surface area contributed by atoms with Gasteiger partial charge in [0.15, 0.2) is 39.7 Å². The van der Waals surface area contributed by atoms with E-state index in [1.807, 2.05) is 27.7 Å². The summed E-state index contributed by atoms with van der Waals surface area (Å²) in [5, 5.41) is 0. The van der Waals surface area contributed by atoms with Gasteiger partial charge in [-0.15, -0.1) is 0 Å². The fourth-order valence-electron chi connectivity index (χ4n) is 4.93. The normalized spacial score (nSPS) is 13.7. The van der Waals surface area contributed by atoms with Crippen LogP contribution < -0.4 is 28.4 Å². The van der Waals surface area contributed by atoms with E-state index in [2.05, 4.69) is 12.2 Å². The zero-order valence-corrected chi connectivity index (χ0v) is 28.9. The van der Waals surface area contributed by atoms with Crippen molar-refractivity contribution in [1.29, 1.82) is 0 Å². The lowest BCUT2D eigenvalue weighted by Gasteiger charge is -2.32. The van der Waals surface area contributed by atoms with Crippen molar-refractivity contribution in [3.63, 3.8) is 0 Å². The van der Waals surface area contributed by atoms with Crippen LogP contribution >= 0.6 is 0 Å². The summed E-state index contributed by atoms with van der Waals surface area (Å²) in [5.41, 5.74) is 4.34. The van der Waals surface area contributed by atoms with E-state index in [-0.39, 0.29) is 46.2 Å². The molecule has 0 amide bonds. The predicted octanol–water partition coefficient (Wildman–Crippen LogP) is 6.32. The first kappa shape index (κ1) is 37.6. The zero-order valence-electron chi connectivity index (χ0n) is 28.9. The van der Waals surface area contributed by atoms with E-state index in [0.29, 0.717) is 69.6 Å². The first-order chi connectivity index (χ1) is 22.7. The number of carbonyl (C=O) groups excluding carboxylic acids is 1. The van der Waals surface area contributed by atoms with Gasteiger partial charge in [0.1, 0.15) is 46.2 Å². The van der Waals surface area contributed by atoms with Crippen LogP contribution in [0.3, 0.4) is 0 Å². The van der Waals surface area contributed by atoms with Gasteiger partial charge in [-0.1, -0.05) is 23.3 Å². The standard InChI is InChI=1S/C35H48O12/c1-22(2)10-12-25-33(45-20-40-8)26(13-11-23(3)4)35-31(34(25)46-21-41-9)27(36)16-30(47-35)32-28(43-18-38-6)14-24(42-17-37-5)15-29(32)44-19-39-7/h10-11,14-15,30H,12-13,16-21H2,1-9H3. The number of methoxy groups -OCH3 is 5. The molecule has 0 aromatic heterocycles. The van der Waals surface area contributed by atoms with Crippen LogP contribution in [0.2, 0.25) is 0 Å². The lowest BCUT2D eigenvalue weighted by molar-refractivity contribution is 0.0356. The van der Waals surface area contributed by atoms with Gasteiger partial charge in [-0.25, -0.2) is 0 Å². The Morgan fingerprint density at radius 1 is 0.681 bits per heavy atom. The fourth-order valence-corrected chi connectivity index (χ4v) is 4.93. The largest absolute Gasteiger partial charge is 0.484 e. The molecule has 1 atom stereocenters. The van der Waals surface area contributed by atoms with Crippen molar-refractivity contribution in [1.82, 2.24) is 0 Å². The minimum absolute atomic E-state index is 0.00409. The molecule has 1 aliphatic rings. The maximum atomic E-state index is 14.3. The lowest BCUT2D eigenvalue weighted by atomic mass is 9.88. The molecule has 0 saturated carbocycles. The predicted molar refractivity (Wildman–Crippen MR) is 174 cm³/mol. The maximum absolute atomic E-state index is 14.3. The summed E-state index contributed by atoms with van der Waals surface area (Å²) in [7, 11) is 7.60. The molecule has 0 N–H and O–H groups in total. The Balaban J connectivity index is 2.36. The third-order valence-corrected chi connectivity index (χ3v) is 6.94. The third kappa shape index (κ3) is 10.1.